The van der Waals surface area contributed by atoms with Crippen LogP contribution in [0.1, 0.15) is 36.0 Å². The third kappa shape index (κ3) is 3.21. The van der Waals surface area contributed by atoms with E-state index < -0.39 is 0 Å². The van der Waals surface area contributed by atoms with Gasteiger partial charge in [-0.3, -0.25) is 4.79 Å². The highest BCUT2D eigenvalue weighted by Crippen LogP contribution is 2.42. The van der Waals surface area contributed by atoms with Crippen LogP contribution < -0.4 is 4.90 Å². The Kier molecular flexibility index (Phi) is 5.14. The fourth-order valence-electron chi connectivity index (χ4n) is 3.81. The van der Waals surface area contributed by atoms with E-state index in [-0.39, 0.29) is 5.91 Å². The lowest BCUT2D eigenvalue weighted by molar-refractivity contribution is -0.119. The molecule has 3 rings (SSSR count). The third-order valence-corrected chi connectivity index (χ3v) is 5.87. The van der Waals surface area contributed by atoms with Gasteiger partial charge in [-0.1, -0.05) is 13.0 Å². The van der Waals surface area contributed by atoms with Gasteiger partial charge in [0, 0.05) is 24.5 Å². The maximum atomic E-state index is 12.4. The minimum absolute atomic E-state index is 0.203. The molecule has 4 nitrogen and oxygen atoms in total. The van der Waals surface area contributed by atoms with Crippen molar-refractivity contribution in [2.24, 2.45) is 0 Å². The summed E-state index contributed by atoms with van der Waals surface area (Å²) in [6, 6.07) is 2.35. The molecule has 1 atom stereocenters. The summed E-state index contributed by atoms with van der Waals surface area (Å²) in [5.41, 5.74) is 5.19. The van der Waals surface area contributed by atoms with E-state index in [0.717, 1.165) is 36.1 Å². The number of anilines is 1. The number of ether oxygens (including phenoxy) is 1. The zero-order chi connectivity index (χ0) is 16.6. The van der Waals surface area contributed by atoms with Crippen LogP contribution in [0.25, 0.3) is 0 Å². The summed E-state index contributed by atoms with van der Waals surface area (Å²) < 4.78 is 6.32. The van der Waals surface area contributed by atoms with Gasteiger partial charge in [0.25, 0.3) is 0 Å². The molecule has 0 spiro atoms. The minimum atomic E-state index is 0.203. The molecule has 0 N–H and O–H groups in total. The first-order valence-corrected chi connectivity index (χ1v) is 9.14. The molecule has 6 heteroatoms. The molecule has 23 heavy (non-hydrogen) atoms. The van der Waals surface area contributed by atoms with Gasteiger partial charge in [-0.15, -0.1) is 0 Å². The highest BCUT2D eigenvalue weighted by atomic mass is 79.9. The summed E-state index contributed by atoms with van der Waals surface area (Å²) in [6.45, 7) is 5.63. The van der Waals surface area contributed by atoms with Crippen molar-refractivity contribution < 1.29 is 9.53 Å². The van der Waals surface area contributed by atoms with Gasteiger partial charge in [0.05, 0.1) is 12.3 Å². The largest absolute Gasteiger partial charge is 0.383 e. The van der Waals surface area contributed by atoms with E-state index in [9.17, 15) is 4.79 Å². The number of halogens is 1. The maximum Gasteiger partial charge on any atom is 0.227 e. The topological polar surface area (TPSA) is 32.8 Å². The lowest BCUT2D eigenvalue weighted by Crippen LogP contribution is -2.38. The molecule has 0 saturated heterocycles. The standard InChI is InChI=1S/C17H24BBrN2O2/c1-11-10-20(18)6-5-13-14(11)9-12-3-4-15(22)21(7-8-23-2)17(12)16(13)19/h9,11H,3-8,10,18H2,1-2H3. The molecule has 0 aliphatic carbocycles. The van der Waals surface area contributed by atoms with Crippen molar-refractivity contribution in [1.29, 1.82) is 0 Å². The van der Waals surface area contributed by atoms with E-state index in [1.54, 1.807) is 7.11 Å². The third-order valence-electron chi connectivity index (χ3n) is 5.01. The first-order valence-electron chi connectivity index (χ1n) is 8.35. The molecule has 2 heterocycles. The first kappa shape index (κ1) is 17.0. The average molecular weight is 379 g/mol. The van der Waals surface area contributed by atoms with Crippen molar-refractivity contribution in [2.75, 3.05) is 38.3 Å². The molecule has 2 aliphatic heterocycles. The number of rotatable bonds is 3. The van der Waals surface area contributed by atoms with Gasteiger partial charge in [0.2, 0.25) is 5.91 Å². The molecule has 0 bridgehead atoms. The Hall–Kier alpha value is -0.845. The molecule has 1 aromatic carbocycles. The number of fused-ring (bicyclic) bond motifs is 2. The van der Waals surface area contributed by atoms with Crippen molar-refractivity contribution in [3.05, 3.63) is 27.2 Å². The Bertz CT molecular complexity index is 623. The normalized spacial score (nSPS) is 21.8. The van der Waals surface area contributed by atoms with Crippen LogP contribution in [0, 0.1) is 0 Å². The van der Waals surface area contributed by atoms with E-state index in [2.05, 4.69) is 41.7 Å². The van der Waals surface area contributed by atoms with Crippen LogP contribution in [-0.2, 0) is 22.4 Å². The van der Waals surface area contributed by atoms with E-state index in [1.165, 1.54) is 16.7 Å². The monoisotopic (exact) mass is 378 g/mol. The Balaban J connectivity index is 2.08. The van der Waals surface area contributed by atoms with Gasteiger partial charge in [-0.05, 0) is 64.5 Å². The number of hydrogen-bond acceptors (Lipinski definition) is 3. The summed E-state index contributed by atoms with van der Waals surface area (Å²) in [6.07, 6.45) is 2.46. The molecule has 2 aliphatic rings. The van der Waals surface area contributed by atoms with Crippen molar-refractivity contribution in [3.8, 4) is 0 Å². The second kappa shape index (κ2) is 6.95. The van der Waals surface area contributed by atoms with Gasteiger partial charge in [0.15, 0.2) is 7.98 Å². The predicted molar refractivity (Wildman–Crippen MR) is 98.9 cm³/mol. The fraction of sp³-hybridized carbons (Fsp3) is 0.588. The molecule has 124 valence electrons. The van der Waals surface area contributed by atoms with Gasteiger partial charge in [-0.2, -0.15) is 0 Å². The highest BCUT2D eigenvalue weighted by Gasteiger charge is 2.30. The van der Waals surface area contributed by atoms with E-state index in [4.69, 9.17) is 4.74 Å². The summed E-state index contributed by atoms with van der Waals surface area (Å²) in [5.74, 6) is 0.721. The molecule has 0 fully saturated rings. The lowest BCUT2D eigenvalue weighted by atomic mass is 9.89. The second-order valence-electron chi connectivity index (χ2n) is 6.72. The Morgan fingerprint density at radius 2 is 2.17 bits per heavy atom. The van der Waals surface area contributed by atoms with Crippen molar-refractivity contribution in [1.82, 2.24) is 4.81 Å². The number of methoxy groups -OCH3 is 1. The van der Waals surface area contributed by atoms with E-state index in [0.29, 0.717) is 25.5 Å². The zero-order valence-electron chi connectivity index (χ0n) is 14.2. The van der Waals surface area contributed by atoms with Crippen molar-refractivity contribution in [3.63, 3.8) is 0 Å². The Morgan fingerprint density at radius 1 is 1.39 bits per heavy atom. The molecule has 0 aromatic heterocycles. The molecule has 1 aromatic rings. The van der Waals surface area contributed by atoms with E-state index >= 15 is 0 Å². The van der Waals surface area contributed by atoms with Crippen molar-refractivity contribution >= 4 is 35.5 Å². The molecule has 0 saturated carbocycles. The Labute approximate surface area is 147 Å². The first-order chi connectivity index (χ1) is 11.0. The zero-order valence-corrected chi connectivity index (χ0v) is 15.8. The molecule has 0 radical (unpaired) electrons. The molecule has 1 amide bonds. The second-order valence-corrected chi connectivity index (χ2v) is 7.51. The number of nitrogens with zero attached hydrogens (tertiary/aromatic N) is 2. The van der Waals surface area contributed by atoms with Crippen LogP contribution >= 0.6 is 15.9 Å². The van der Waals surface area contributed by atoms with Crippen LogP contribution in [0.15, 0.2) is 10.5 Å². The number of carbonyl (C=O) groups excluding carboxylic acids is 1. The summed E-state index contributed by atoms with van der Waals surface area (Å²) >= 11 is 3.84. The van der Waals surface area contributed by atoms with Gasteiger partial charge in [0.1, 0.15) is 0 Å². The van der Waals surface area contributed by atoms with Gasteiger partial charge in [-0.25, -0.2) is 0 Å². The number of benzene rings is 1. The summed E-state index contributed by atoms with van der Waals surface area (Å²) in [4.78, 5) is 16.7. The maximum absolute atomic E-state index is 12.4. The fourth-order valence-corrected chi connectivity index (χ4v) is 4.71. The quantitative estimate of drug-likeness (QED) is 0.753. The SMILES string of the molecule is BN1CCc2c(cc3c(c2Br)N(CCOC)C(=O)CC3)C(C)C1. The Morgan fingerprint density at radius 3 is 2.91 bits per heavy atom. The predicted octanol–water partition coefficient (Wildman–Crippen LogP) is 1.88. The number of hydrogen-bond donors (Lipinski definition) is 0. The van der Waals surface area contributed by atoms with Gasteiger partial charge < -0.3 is 14.4 Å². The summed E-state index contributed by atoms with van der Waals surface area (Å²) in [5, 5.41) is 0. The van der Waals surface area contributed by atoms with Gasteiger partial charge >= 0.3 is 0 Å². The smallest absolute Gasteiger partial charge is 0.227 e. The molecular formula is C17H24BBrN2O2. The lowest BCUT2D eigenvalue weighted by Gasteiger charge is -2.32. The van der Waals surface area contributed by atoms with Crippen LogP contribution in [0.4, 0.5) is 5.69 Å². The highest BCUT2D eigenvalue weighted by molar-refractivity contribution is 9.10. The molecule has 1 unspecified atom stereocenters. The van der Waals surface area contributed by atoms with Crippen LogP contribution in [0.5, 0.6) is 0 Å². The average Bonchev–Trinajstić information content (AvgIpc) is 2.66. The van der Waals surface area contributed by atoms with Crippen LogP contribution in [0.2, 0.25) is 0 Å². The summed E-state index contributed by atoms with van der Waals surface area (Å²) in [7, 11) is 3.86. The van der Waals surface area contributed by atoms with Crippen LogP contribution in [-0.4, -0.2) is 52.1 Å². The number of amides is 1. The minimum Gasteiger partial charge on any atom is -0.383 e. The van der Waals surface area contributed by atoms with Crippen LogP contribution in [0.3, 0.4) is 0 Å². The van der Waals surface area contributed by atoms with Crippen molar-refractivity contribution in [2.45, 2.75) is 32.1 Å². The number of carbonyl (C=O) groups is 1. The number of aryl methyl sites for hydroxylation is 1. The molecular weight excluding hydrogens is 355 g/mol. The van der Waals surface area contributed by atoms with E-state index in [1.807, 2.05) is 4.90 Å².